The van der Waals surface area contributed by atoms with Gasteiger partial charge >= 0.3 is 5.97 Å². The van der Waals surface area contributed by atoms with Crippen molar-refractivity contribution in [3.8, 4) is 0 Å². The van der Waals surface area contributed by atoms with Crippen LogP contribution in [-0.4, -0.2) is 21.7 Å². The third-order valence-electron chi connectivity index (χ3n) is 4.50. The van der Waals surface area contributed by atoms with E-state index in [0.29, 0.717) is 11.5 Å². The summed E-state index contributed by atoms with van der Waals surface area (Å²) in [4.78, 5) is 25.1. The minimum Gasteiger partial charge on any atom is -0.478 e. The van der Waals surface area contributed by atoms with E-state index in [1.165, 1.54) is 6.07 Å². The van der Waals surface area contributed by atoms with E-state index >= 15 is 0 Å². The van der Waals surface area contributed by atoms with Crippen LogP contribution >= 0.6 is 11.8 Å². The normalized spacial score (nSPS) is 15.9. The Hall–Kier alpha value is -2.21. The molecule has 1 saturated carbocycles. The second-order valence-corrected chi connectivity index (χ2v) is 7.74. The molecule has 1 heterocycles. The van der Waals surface area contributed by atoms with Crippen molar-refractivity contribution in [2.45, 2.75) is 48.8 Å². The van der Waals surface area contributed by atoms with Crippen molar-refractivity contribution >= 4 is 23.6 Å². The van der Waals surface area contributed by atoms with E-state index in [0.717, 1.165) is 30.6 Å². The monoisotopic (exact) mass is 359 g/mol. The summed E-state index contributed by atoms with van der Waals surface area (Å²) in [6.07, 6.45) is 3.76. The van der Waals surface area contributed by atoms with Gasteiger partial charge in [-0.15, -0.1) is 11.8 Å². The Labute approximate surface area is 150 Å². The van der Waals surface area contributed by atoms with E-state index in [1.807, 2.05) is 30.3 Å². The lowest BCUT2D eigenvalue weighted by Gasteiger charge is -2.27. The first-order valence-corrected chi connectivity index (χ1v) is 9.17. The number of hydrogen-bond donors (Lipinski definition) is 2. The standard InChI is InChI=1S/C19H21NO4S/c1-13-16(17(21)22)11-14(24-13)12-20-18(23)19(9-5-6-10-19)25-15-7-3-2-4-8-15/h2-4,7-8,11H,5-6,9-10,12H2,1H3,(H,20,23)(H,21,22). The topological polar surface area (TPSA) is 79.5 Å². The Bertz CT molecular complexity index is 763. The van der Waals surface area contributed by atoms with Crippen LogP contribution in [0.25, 0.3) is 0 Å². The van der Waals surface area contributed by atoms with Crippen LogP contribution in [0.4, 0.5) is 0 Å². The van der Waals surface area contributed by atoms with Crippen molar-refractivity contribution < 1.29 is 19.1 Å². The molecular weight excluding hydrogens is 338 g/mol. The van der Waals surface area contributed by atoms with Crippen LogP contribution in [0.5, 0.6) is 0 Å². The predicted molar refractivity (Wildman–Crippen MR) is 95.7 cm³/mol. The number of thioether (sulfide) groups is 1. The third-order valence-corrected chi connectivity index (χ3v) is 6.00. The van der Waals surface area contributed by atoms with Gasteiger partial charge in [0.1, 0.15) is 17.1 Å². The molecule has 0 unspecified atom stereocenters. The number of nitrogens with one attached hydrogen (secondary N) is 1. The van der Waals surface area contributed by atoms with Gasteiger partial charge in [0.25, 0.3) is 0 Å². The summed E-state index contributed by atoms with van der Waals surface area (Å²) in [5.74, 6) is -0.220. The number of hydrogen-bond acceptors (Lipinski definition) is 4. The summed E-state index contributed by atoms with van der Waals surface area (Å²) in [6, 6.07) is 11.4. The van der Waals surface area contributed by atoms with E-state index in [1.54, 1.807) is 18.7 Å². The Kier molecular flexibility index (Phi) is 5.18. The van der Waals surface area contributed by atoms with Crippen LogP contribution < -0.4 is 5.32 Å². The molecule has 3 rings (SSSR count). The number of carboxylic acid groups (broad SMARTS) is 1. The van der Waals surface area contributed by atoms with Gasteiger partial charge in [0.15, 0.2) is 0 Å². The highest BCUT2D eigenvalue weighted by atomic mass is 32.2. The first kappa shape index (κ1) is 17.6. The van der Waals surface area contributed by atoms with E-state index in [2.05, 4.69) is 5.32 Å². The number of aromatic carboxylic acids is 1. The molecule has 2 aromatic rings. The molecular formula is C19H21NO4S. The first-order chi connectivity index (χ1) is 12.0. The molecule has 0 spiro atoms. The lowest BCUT2D eigenvalue weighted by Crippen LogP contribution is -2.41. The van der Waals surface area contributed by atoms with Crippen LogP contribution in [0.3, 0.4) is 0 Å². The highest BCUT2D eigenvalue weighted by Crippen LogP contribution is 2.45. The third kappa shape index (κ3) is 3.90. The predicted octanol–water partition coefficient (Wildman–Crippen LogP) is 4.01. The van der Waals surface area contributed by atoms with Gasteiger partial charge in [-0.05, 0) is 38.0 Å². The highest BCUT2D eigenvalue weighted by Gasteiger charge is 2.42. The number of aryl methyl sites for hydroxylation is 1. The van der Waals surface area contributed by atoms with Gasteiger partial charge in [0, 0.05) is 4.90 Å². The lowest BCUT2D eigenvalue weighted by atomic mass is 10.1. The van der Waals surface area contributed by atoms with Crippen LogP contribution in [0.1, 0.15) is 47.6 Å². The van der Waals surface area contributed by atoms with Gasteiger partial charge in [0.2, 0.25) is 5.91 Å². The summed E-state index contributed by atoms with van der Waals surface area (Å²) in [7, 11) is 0. The molecule has 5 nitrogen and oxygen atoms in total. The van der Waals surface area contributed by atoms with Crippen molar-refractivity contribution in [3.05, 3.63) is 53.5 Å². The molecule has 0 saturated heterocycles. The minimum atomic E-state index is -1.02. The zero-order valence-corrected chi connectivity index (χ0v) is 14.9. The number of carbonyl (C=O) groups is 2. The maximum absolute atomic E-state index is 12.9. The lowest BCUT2D eigenvalue weighted by molar-refractivity contribution is -0.123. The van der Waals surface area contributed by atoms with Crippen molar-refractivity contribution in [1.82, 2.24) is 5.32 Å². The maximum atomic E-state index is 12.9. The van der Waals surface area contributed by atoms with Crippen LogP contribution in [0.15, 0.2) is 45.7 Å². The van der Waals surface area contributed by atoms with Gasteiger partial charge in [-0.2, -0.15) is 0 Å². The molecule has 0 aliphatic heterocycles. The van der Waals surface area contributed by atoms with E-state index < -0.39 is 10.7 Å². The molecule has 2 N–H and O–H groups in total. The maximum Gasteiger partial charge on any atom is 0.339 e. The molecule has 0 atom stereocenters. The fraction of sp³-hybridized carbons (Fsp3) is 0.368. The number of furan rings is 1. The quantitative estimate of drug-likeness (QED) is 0.815. The molecule has 1 aliphatic rings. The Morgan fingerprint density at radius 1 is 1.24 bits per heavy atom. The molecule has 6 heteroatoms. The molecule has 132 valence electrons. The number of benzene rings is 1. The van der Waals surface area contributed by atoms with E-state index in [9.17, 15) is 9.59 Å². The Morgan fingerprint density at radius 2 is 1.92 bits per heavy atom. The number of carbonyl (C=O) groups excluding carboxylic acids is 1. The Morgan fingerprint density at radius 3 is 2.52 bits per heavy atom. The summed E-state index contributed by atoms with van der Waals surface area (Å²) in [5, 5.41) is 12.0. The summed E-state index contributed by atoms with van der Waals surface area (Å²) in [6.45, 7) is 1.81. The van der Waals surface area contributed by atoms with Gasteiger partial charge in [-0.1, -0.05) is 31.0 Å². The van der Waals surface area contributed by atoms with Gasteiger partial charge < -0.3 is 14.8 Å². The average molecular weight is 359 g/mol. The SMILES string of the molecule is Cc1oc(CNC(=O)C2(Sc3ccccc3)CCCC2)cc1C(=O)O. The summed E-state index contributed by atoms with van der Waals surface area (Å²) < 4.78 is 4.98. The number of amides is 1. The Balaban J connectivity index is 1.69. The van der Waals surface area contributed by atoms with Crippen molar-refractivity contribution in [3.63, 3.8) is 0 Å². The van der Waals surface area contributed by atoms with Gasteiger partial charge in [0.05, 0.1) is 11.3 Å². The smallest absolute Gasteiger partial charge is 0.339 e. The zero-order chi connectivity index (χ0) is 17.9. The summed E-state index contributed by atoms with van der Waals surface area (Å²) >= 11 is 1.62. The van der Waals surface area contributed by atoms with Crippen LogP contribution in [0, 0.1) is 6.92 Å². The van der Waals surface area contributed by atoms with Crippen molar-refractivity contribution in [1.29, 1.82) is 0 Å². The van der Waals surface area contributed by atoms with Gasteiger partial charge in [-0.3, -0.25) is 4.79 Å². The molecule has 1 aliphatic carbocycles. The second-order valence-electron chi connectivity index (χ2n) is 6.29. The molecule has 1 aromatic heterocycles. The second kappa shape index (κ2) is 7.35. The van der Waals surface area contributed by atoms with Crippen LogP contribution in [0.2, 0.25) is 0 Å². The molecule has 1 amide bonds. The van der Waals surface area contributed by atoms with Crippen molar-refractivity contribution in [2.75, 3.05) is 0 Å². The van der Waals surface area contributed by atoms with Gasteiger partial charge in [-0.25, -0.2) is 4.79 Å². The largest absolute Gasteiger partial charge is 0.478 e. The van der Waals surface area contributed by atoms with Crippen LogP contribution in [-0.2, 0) is 11.3 Å². The first-order valence-electron chi connectivity index (χ1n) is 8.35. The highest BCUT2D eigenvalue weighted by molar-refractivity contribution is 8.01. The molecule has 1 fully saturated rings. The number of rotatable bonds is 6. The van der Waals surface area contributed by atoms with E-state index in [-0.39, 0.29) is 18.0 Å². The van der Waals surface area contributed by atoms with Crippen molar-refractivity contribution in [2.24, 2.45) is 0 Å². The number of carboxylic acids is 1. The fourth-order valence-corrected chi connectivity index (χ4v) is 4.61. The van der Waals surface area contributed by atoms with E-state index in [4.69, 9.17) is 9.52 Å². The molecule has 0 bridgehead atoms. The zero-order valence-electron chi connectivity index (χ0n) is 14.1. The molecule has 1 aromatic carbocycles. The molecule has 0 radical (unpaired) electrons. The fourth-order valence-electron chi connectivity index (χ4n) is 3.21. The minimum absolute atomic E-state index is 0.00946. The average Bonchev–Trinajstić information content (AvgIpc) is 3.21. The summed E-state index contributed by atoms with van der Waals surface area (Å²) in [5.41, 5.74) is 0.137. The molecule has 25 heavy (non-hydrogen) atoms.